The van der Waals surface area contributed by atoms with E-state index < -0.39 is 11.9 Å². The van der Waals surface area contributed by atoms with Crippen LogP contribution in [0.4, 0.5) is 13.2 Å². The first kappa shape index (κ1) is 11.6. The highest BCUT2D eigenvalue weighted by atomic mass is 32.2. The van der Waals surface area contributed by atoms with Crippen molar-refractivity contribution < 1.29 is 17.9 Å². The summed E-state index contributed by atoms with van der Waals surface area (Å²) in [4.78, 5) is 3.51. The summed E-state index contributed by atoms with van der Waals surface area (Å²) >= 11 is 1.17. The summed E-state index contributed by atoms with van der Waals surface area (Å²) in [6.07, 6.45) is -0.828. The van der Waals surface area contributed by atoms with Gasteiger partial charge in [-0.1, -0.05) is 0 Å². The Kier molecular flexibility index (Phi) is 3.01. The Morgan fingerprint density at radius 1 is 1.38 bits per heavy atom. The van der Waals surface area contributed by atoms with Gasteiger partial charge in [0, 0.05) is 12.1 Å². The summed E-state index contributed by atoms with van der Waals surface area (Å²) in [5.74, 6) is 0.258. The van der Waals surface area contributed by atoms with E-state index in [0.29, 0.717) is 5.03 Å². The lowest BCUT2D eigenvalue weighted by molar-refractivity contribution is -0.141. The molecule has 0 saturated heterocycles. The van der Waals surface area contributed by atoms with Crippen molar-refractivity contribution in [2.45, 2.75) is 30.1 Å². The second kappa shape index (κ2) is 4.16. The number of hydrogen-bond acceptors (Lipinski definition) is 3. The summed E-state index contributed by atoms with van der Waals surface area (Å²) in [5.41, 5.74) is -0.894. The molecule has 0 radical (unpaired) electrons. The molecule has 0 bridgehead atoms. The van der Waals surface area contributed by atoms with Gasteiger partial charge in [-0.2, -0.15) is 13.2 Å². The minimum atomic E-state index is -4.42. The molecule has 1 heterocycles. The summed E-state index contributed by atoms with van der Waals surface area (Å²) in [6, 6.07) is 2.50. The van der Waals surface area contributed by atoms with Gasteiger partial charge < -0.3 is 4.74 Å². The topological polar surface area (TPSA) is 22.1 Å². The van der Waals surface area contributed by atoms with Crippen LogP contribution >= 0.6 is 11.8 Å². The second-order valence-corrected chi connectivity index (χ2v) is 4.37. The molecule has 0 amide bonds. The van der Waals surface area contributed by atoms with E-state index in [-0.39, 0.29) is 11.9 Å². The van der Waals surface area contributed by atoms with Crippen LogP contribution < -0.4 is 4.74 Å². The van der Waals surface area contributed by atoms with Crippen LogP contribution in [0.2, 0.25) is 0 Å². The normalized spacial score (nSPS) is 16.2. The molecule has 6 heteroatoms. The molecule has 0 spiro atoms. The van der Waals surface area contributed by atoms with E-state index in [9.17, 15) is 13.2 Å². The minimum Gasteiger partial charge on any atom is -0.490 e. The van der Waals surface area contributed by atoms with Gasteiger partial charge in [-0.3, -0.25) is 0 Å². The van der Waals surface area contributed by atoms with Gasteiger partial charge in [0.15, 0.2) is 0 Å². The number of nitrogens with zero attached hydrogens (tertiary/aromatic N) is 1. The van der Waals surface area contributed by atoms with Gasteiger partial charge in [0.2, 0.25) is 0 Å². The van der Waals surface area contributed by atoms with Crippen LogP contribution in [0.5, 0.6) is 5.75 Å². The molecule has 2 nitrogen and oxygen atoms in total. The molecule has 0 atom stereocenters. The van der Waals surface area contributed by atoms with Gasteiger partial charge in [-0.15, -0.1) is 11.8 Å². The molecule has 0 unspecified atom stereocenters. The lowest BCUT2D eigenvalue weighted by atomic mass is 10.3. The average molecular weight is 249 g/mol. The molecule has 16 heavy (non-hydrogen) atoms. The average Bonchev–Trinajstić information content (AvgIpc) is 3.00. The Balaban J connectivity index is 2.29. The summed E-state index contributed by atoms with van der Waals surface area (Å²) in [6.45, 7) is 0. The van der Waals surface area contributed by atoms with Gasteiger partial charge >= 0.3 is 6.18 Å². The van der Waals surface area contributed by atoms with Gasteiger partial charge in [-0.25, -0.2) is 4.98 Å². The fourth-order valence-corrected chi connectivity index (χ4v) is 1.60. The SMILES string of the molecule is CSc1cc(OC2CC2)cc(C(F)(F)F)n1. The molecule has 2 rings (SSSR count). The maximum Gasteiger partial charge on any atom is 0.433 e. The number of alkyl halides is 3. The van der Waals surface area contributed by atoms with Crippen molar-refractivity contribution in [2.75, 3.05) is 6.26 Å². The van der Waals surface area contributed by atoms with Crippen LogP contribution in [0.3, 0.4) is 0 Å². The number of halogens is 3. The van der Waals surface area contributed by atoms with Gasteiger partial charge in [0.05, 0.1) is 6.10 Å². The summed E-state index contributed by atoms with van der Waals surface area (Å²) in [5, 5.41) is 0.325. The highest BCUT2D eigenvalue weighted by molar-refractivity contribution is 7.98. The molecule has 1 aromatic heterocycles. The minimum absolute atomic E-state index is 0.0817. The van der Waals surface area contributed by atoms with Crippen LogP contribution in [0.25, 0.3) is 0 Å². The summed E-state index contributed by atoms with van der Waals surface area (Å²) < 4.78 is 42.9. The van der Waals surface area contributed by atoms with E-state index in [2.05, 4.69) is 4.98 Å². The van der Waals surface area contributed by atoms with Crippen LogP contribution in [0.1, 0.15) is 18.5 Å². The monoisotopic (exact) mass is 249 g/mol. The first-order valence-corrected chi connectivity index (χ1v) is 6.01. The van der Waals surface area contributed by atoms with Crippen molar-refractivity contribution >= 4 is 11.8 Å². The number of pyridine rings is 1. The fourth-order valence-electron chi connectivity index (χ4n) is 1.18. The smallest absolute Gasteiger partial charge is 0.433 e. The van der Waals surface area contributed by atoms with Crippen LogP contribution in [-0.2, 0) is 6.18 Å². The number of hydrogen-bond donors (Lipinski definition) is 0. The van der Waals surface area contributed by atoms with Crippen molar-refractivity contribution in [1.82, 2.24) is 4.98 Å². The van der Waals surface area contributed by atoms with Crippen LogP contribution in [0.15, 0.2) is 17.2 Å². The van der Waals surface area contributed by atoms with Crippen molar-refractivity contribution in [3.8, 4) is 5.75 Å². The predicted octanol–water partition coefficient (Wildman–Crippen LogP) is 3.36. The maximum absolute atomic E-state index is 12.5. The Bertz CT molecular complexity index is 390. The highest BCUT2D eigenvalue weighted by Gasteiger charge is 2.34. The molecule has 1 aliphatic carbocycles. The molecule has 1 aliphatic rings. The van der Waals surface area contributed by atoms with Crippen molar-refractivity contribution in [3.63, 3.8) is 0 Å². The molecule has 1 fully saturated rings. The van der Waals surface area contributed by atoms with Crippen LogP contribution in [0, 0.1) is 0 Å². The fraction of sp³-hybridized carbons (Fsp3) is 0.500. The molecule has 0 aliphatic heterocycles. The lowest BCUT2D eigenvalue weighted by Gasteiger charge is -2.10. The first-order chi connectivity index (χ1) is 7.49. The van der Waals surface area contributed by atoms with Gasteiger partial charge in [0.25, 0.3) is 0 Å². The molecular formula is C10H10F3NOS. The molecule has 0 aromatic carbocycles. The van der Waals surface area contributed by atoms with E-state index in [1.165, 1.54) is 17.8 Å². The van der Waals surface area contributed by atoms with Crippen LogP contribution in [-0.4, -0.2) is 17.3 Å². The van der Waals surface area contributed by atoms with E-state index >= 15 is 0 Å². The predicted molar refractivity (Wildman–Crippen MR) is 54.7 cm³/mol. The molecule has 1 saturated carbocycles. The van der Waals surface area contributed by atoms with E-state index in [1.54, 1.807) is 6.26 Å². The molecular weight excluding hydrogens is 239 g/mol. The zero-order valence-corrected chi connectivity index (χ0v) is 9.36. The van der Waals surface area contributed by atoms with Crippen molar-refractivity contribution in [1.29, 1.82) is 0 Å². The number of rotatable bonds is 3. The Morgan fingerprint density at radius 2 is 2.06 bits per heavy atom. The van der Waals surface area contributed by atoms with E-state index in [4.69, 9.17) is 4.74 Å². The highest BCUT2D eigenvalue weighted by Crippen LogP contribution is 2.34. The van der Waals surface area contributed by atoms with Crippen molar-refractivity contribution in [3.05, 3.63) is 17.8 Å². The molecule has 88 valence electrons. The maximum atomic E-state index is 12.5. The quantitative estimate of drug-likeness (QED) is 0.767. The van der Waals surface area contributed by atoms with Crippen molar-refractivity contribution in [2.24, 2.45) is 0 Å². The number of ether oxygens (including phenoxy) is 1. The Morgan fingerprint density at radius 3 is 2.56 bits per heavy atom. The third kappa shape index (κ3) is 2.81. The number of thioether (sulfide) groups is 1. The molecule has 1 aromatic rings. The largest absolute Gasteiger partial charge is 0.490 e. The van der Waals surface area contributed by atoms with Gasteiger partial charge in [0.1, 0.15) is 16.5 Å². The van der Waals surface area contributed by atoms with E-state index in [1.807, 2.05) is 0 Å². The van der Waals surface area contributed by atoms with Gasteiger partial charge in [-0.05, 0) is 19.1 Å². The first-order valence-electron chi connectivity index (χ1n) is 4.79. The number of aromatic nitrogens is 1. The zero-order valence-electron chi connectivity index (χ0n) is 8.54. The van der Waals surface area contributed by atoms with E-state index in [0.717, 1.165) is 18.9 Å². The Hall–Kier alpha value is -0.910. The third-order valence-corrected chi connectivity index (χ3v) is 2.73. The zero-order chi connectivity index (χ0) is 11.8. The third-order valence-electron chi connectivity index (χ3n) is 2.10. The Labute approximate surface area is 95.2 Å². The second-order valence-electron chi connectivity index (χ2n) is 3.55. The standard InChI is InChI=1S/C10H10F3NOS/c1-16-9-5-7(15-6-2-3-6)4-8(14-9)10(11,12)13/h4-6H,2-3H2,1H3. The summed E-state index contributed by atoms with van der Waals surface area (Å²) in [7, 11) is 0. The lowest BCUT2D eigenvalue weighted by Crippen LogP contribution is -2.09. The molecule has 0 N–H and O–H groups in total.